The van der Waals surface area contributed by atoms with Gasteiger partial charge >= 0.3 is 0 Å². The van der Waals surface area contributed by atoms with Gasteiger partial charge < -0.3 is 10.3 Å². The van der Waals surface area contributed by atoms with Gasteiger partial charge in [-0.1, -0.05) is 0 Å². The summed E-state index contributed by atoms with van der Waals surface area (Å²) in [7, 11) is 1.79. The van der Waals surface area contributed by atoms with E-state index in [-0.39, 0.29) is 0 Å². The number of carbonyl (C=O) groups is 1. The van der Waals surface area contributed by atoms with Crippen molar-refractivity contribution in [3.8, 4) is 11.3 Å². The van der Waals surface area contributed by atoms with E-state index in [1.807, 2.05) is 18.5 Å². The minimum atomic E-state index is -0.421. The van der Waals surface area contributed by atoms with Crippen LogP contribution in [0.5, 0.6) is 0 Å². The average Bonchev–Trinajstić information content (AvgIpc) is 2.71. The molecule has 0 aliphatic heterocycles. The molecule has 5 heteroatoms. The number of aryl methyl sites for hydroxylation is 2. The Balaban J connectivity index is 2.46. The van der Waals surface area contributed by atoms with Crippen molar-refractivity contribution in [1.82, 2.24) is 9.55 Å². The fourth-order valence-corrected chi connectivity index (χ4v) is 2.07. The van der Waals surface area contributed by atoms with E-state index in [2.05, 4.69) is 4.98 Å². The second-order valence-corrected chi connectivity index (χ2v) is 4.40. The van der Waals surface area contributed by atoms with Crippen molar-refractivity contribution in [2.45, 2.75) is 6.92 Å². The average molecular weight is 221 g/mol. The van der Waals surface area contributed by atoms with Crippen LogP contribution in [0.4, 0.5) is 0 Å². The van der Waals surface area contributed by atoms with Crippen LogP contribution >= 0.6 is 11.3 Å². The molecule has 0 atom stereocenters. The second kappa shape index (κ2) is 3.51. The largest absolute Gasteiger partial charge is 0.364 e. The van der Waals surface area contributed by atoms with Crippen LogP contribution in [-0.4, -0.2) is 15.5 Å². The molecular formula is C10H11N3OS. The number of thiazole rings is 1. The van der Waals surface area contributed by atoms with Gasteiger partial charge in [0.2, 0.25) is 0 Å². The van der Waals surface area contributed by atoms with Gasteiger partial charge in [0.25, 0.3) is 5.91 Å². The third-order valence-corrected chi connectivity index (χ3v) is 2.95. The third-order valence-electron chi connectivity index (χ3n) is 2.17. The lowest BCUT2D eigenvalue weighted by Crippen LogP contribution is -2.14. The summed E-state index contributed by atoms with van der Waals surface area (Å²) in [4.78, 5) is 15.4. The molecule has 2 rings (SSSR count). The maximum absolute atomic E-state index is 11.1. The smallest absolute Gasteiger partial charge is 0.265 e. The van der Waals surface area contributed by atoms with Crippen molar-refractivity contribution in [2.75, 3.05) is 0 Å². The van der Waals surface area contributed by atoms with E-state index in [1.165, 1.54) is 0 Å². The number of carbonyl (C=O) groups excluding carboxylic acids is 1. The van der Waals surface area contributed by atoms with Crippen LogP contribution in [-0.2, 0) is 7.05 Å². The summed E-state index contributed by atoms with van der Waals surface area (Å²) in [5.41, 5.74) is 7.55. The predicted molar refractivity (Wildman–Crippen MR) is 59.8 cm³/mol. The first kappa shape index (κ1) is 9.92. The van der Waals surface area contributed by atoms with E-state index in [0.717, 1.165) is 16.3 Å². The molecule has 0 saturated heterocycles. The van der Waals surface area contributed by atoms with Gasteiger partial charge in [0.15, 0.2) is 0 Å². The molecule has 0 fully saturated rings. The molecule has 2 aromatic rings. The van der Waals surface area contributed by atoms with Crippen LogP contribution in [0.25, 0.3) is 11.3 Å². The Morgan fingerprint density at radius 1 is 1.60 bits per heavy atom. The highest BCUT2D eigenvalue weighted by Crippen LogP contribution is 2.23. The molecule has 4 nitrogen and oxygen atoms in total. The van der Waals surface area contributed by atoms with E-state index in [9.17, 15) is 4.79 Å². The quantitative estimate of drug-likeness (QED) is 0.836. The highest BCUT2D eigenvalue weighted by atomic mass is 32.1. The number of aromatic nitrogens is 2. The first-order chi connectivity index (χ1) is 7.08. The zero-order valence-electron chi connectivity index (χ0n) is 8.52. The monoisotopic (exact) mass is 221 g/mol. The molecule has 2 heterocycles. The summed E-state index contributed by atoms with van der Waals surface area (Å²) < 4.78 is 1.71. The van der Waals surface area contributed by atoms with E-state index < -0.39 is 5.91 Å². The first-order valence-electron chi connectivity index (χ1n) is 4.46. The molecule has 15 heavy (non-hydrogen) atoms. The Labute approximate surface area is 91.4 Å². The number of rotatable bonds is 2. The van der Waals surface area contributed by atoms with Crippen LogP contribution in [0.2, 0.25) is 0 Å². The molecule has 2 aromatic heterocycles. The molecule has 0 radical (unpaired) electrons. The Hall–Kier alpha value is -1.62. The van der Waals surface area contributed by atoms with Gasteiger partial charge in [0.1, 0.15) is 5.69 Å². The van der Waals surface area contributed by atoms with Crippen LogP contribution in [0, 0.1) is 6.92 Å². The van der Waals surface area contributed by atoms with Crippen LogP contribution in [0.3, 0.4) is 0 Å². The van der Waals surface area contributed by atoms with Crippen molar-refractivity contribution in [3.63, 3.8) is 0 Å². The molecule has 0 saturated carbocycles. The summed E-state index contributed by atoms with van der Waals surface area (Å²) in [6, 6.07) is 1.76. The lowest BCUT2D eigenvalue weighted by atomic mass is 10.2. The zero-order chi connectivity index (χ0) is 11.0. The Morgan fingerprint density at radius 3 is 2.80 bits per heavy atom. The standard InChI is InChI=1S/C10H11N3OS/c1-6-12-8(5-15-6)7-3-9(10(11)14)13(2)4-7/h3-5H,1-2H3,(H2,11,14). The molecule has 0 aromatic carbocycles. The van der Waals surface area contributed by atoms with E-state index >= 15 is 0 Å². The number of nitrogens with two attached hydrogens (primary N) is 1. The molecular weight excluding hydrogens is 210 g/mol. The molecule has 0 aliphatic carbocycles. The summed E-state index contributed by atoms with van der Waals surface area (Å²) in [6.07, 6.45) is 1.86. The number of primary amides is 1. The van der Waals surface area contributed by atoms with Crippen molar-refractivity contribution in [2.24, 2.45) is 12.8 Å². The van der Waals surface area contributed by atoms with E-state index in [0.29, 0.717) is 5.69 Å². The van der Waals surface area contributed by atoms with E-state index in [4.69, 9.17) is 5.73 Å². The van der Waals surface area contributed by atoms with Gasteiger partial charge in [-0.05, 0) is 13.0 Å². The lowest BCUT2D eigenvalue weighted by molar-refractivity contribution is 0.0992. The minimum absolute atomic E-state index is 0.421. The number of hydrogen-bond donors (Lipinski definition) is 1. The van der Waals surface area contributed by atoms with Crippen molar-refractivity contribution < 1.29 is 4.79 Å². The fourth-order valence-electron chi connectivity index (χ4n) is 1.45. The first-order valence-corrected chi connectivity index (χ1v) is 5.34. The van der Waals surface area contributed by atoms with Gasteiger partial charge in [-0.15, -0.1) is 11.3 Å². The summed E-state index contributed by atoms with van der Waals surface area (Å²) in [6.45, 7) is 1.95. The Kier molecular flexibility index (Phi) is 2.32. The summed E-state index contributed by atoms with van der Waals surface area (Å²) in [5, 5.41) is 2.98. The molecule has 78 valence electrons. The molecule has 2 N–H and O–H groups in total. The van der Waals surface area contributed by atoms with Gasteiger partial charge in [0.05, 0.1) is 10.7 Å². The maximum Gasteiger partial charge on any atom is 0.265 e. The molecule has 0 bridgehead atoms. The van der Waals surface area contributed by atoms with Gasteiger partial charge in [-0.25, -0.2) is 4.98 Å². The Morgan fingerprint density at radius 2 is 2.33 bits per heavy atom. The highest BCUT2D eigenvalue weighted by molar-refractivity contribution is 7.09. The third kappa shape index (κ3) is 1.78. The second-order valence-electron chi connectivity index (χ2n) is 3.34. The van der Waals surface area contributed by atoms with E-state index in [1.54, 1.807) is 29.0 Å². The fraction of sp³-hybridized carbons (Fsp3) is 0.200. The van der Waals surface area contributed by atoms with Crippen molar-refractivity contribution in [1.29, 1.82) is 0 Å². The lowest BCUT2D eigenvalue weighted by Gasteiger charge is -1.94. The zero-order valence-corrected chi connectivity index (χ0v) is 9.34. The van der Waals surface area contributed by atoms with Crippen LogP contribution in [0.15, 0.2) is 17.6 Å². The minimum Gasteiger partial charge on any atom is -0.364 e. The van der Waals surface area contributed by atoms with Crippen LogP contribution in [0.1, 0.15) is 15.5 Å². The predicted octanol–water partition coefficient (Wildman–Crippen LogP) is 1.56. The van der Waals surface area contributed by atoms with Gasteiger partial charge in [0, 0.05) is 24.2 Å². The summed E-state index contributed by atoms with van der Waals surface area (Å²) in [5.74, 6) is -0.421. The van der Waals surface area contributed by atoms with Gasteiger partial charge in [-0.2, -0.15) is 0 Å². The molecule has 0 unspecified atom stereocenters. The number of hydrogen-bond acceptors (Lipinski definition) is 3. The normalized spacial score (nSPS) is 10.5. The topological polar surface area (TPSA) is 60.9 Å². The number of amides is 1. The maximum atomic E-state index is 11.1. The molecule has 0 aliphatic rings. The van der Waals surface area contributed by atoms with Gasteiger partial charge in [-0.3, -0.25) is 4.79 Å². The van der Waals surface area contributed by atoms with Crippen molar-refractivity contribution in [3.05, 3.63) is 28.3 Å². The van der Waals surface area contributed by atoms with Crippen molar-refractivity contribution >= 4 is 17.2 Å². The highest BCUT2D eigenvalue weighted by Gasteiger charge is 2.10. The molecule has 1 amide bonds. The SMILES string of the molecule is Cc1nc(-c2cc(C(N)=O)n(C)c2)cs1. The molecule has 0 spiro atoms. The van der Waals surface area contributed by atoms with Crippen LogP contribution < -0.4 is 5.73 Å². The summed E-state index contributed by atoms with van der Waals surface area (Å²) >= 11 is 1.59. The number of nitrogens with zero attached hydrogens (tertiary/aromatic N) is 2. The Bertz CT molecular complexity index is 512.